The summed E-state index contributed by atoms with van der Waals surface area (Å²) in [6.45, 7) is 5.22. The van der Waals surface area contributed by atoms with Crippen molar-refractivity contribution < 1.29 is 18.3 Å². The van der Waals surface area contributed by atoms with Crippen molar-refractivity contribution in [1.82, 2.24) is 4.31 Å². The van der Waals surface area contributed by atoms with Gasteiger partial charge in [-0.15, -0.1) is 5.92 Å². The van der Waals surface area contributed by atoms with Gasteiger partial charge < -0.3 is 5.11 Å². The molecule has 38 heavy (non-hydrogen) atoms. The van der Waals surface area contributed by atoms with E-state index < -0.39 is 15.6 Å². The quantitative estimate of drug-likeness (QED) is 0.520. The van der Waals surface area contributed by atoms with Crippen LogP contribution in [0.4, 0.5) is 0 Å². The summed E-state index contributed by atoms with van der Waals surface area (Å²) < 4.78 is 28.2. The van der Waals surface area contributed by atoms with Crippen molar-refractivity contribution in [2.24, 2.45) is 17.3 Å². The number of nitrogens with zero attached hydrogens (tertiary/aromatic N) is 1. The minimum absolute atomic E-state index is 0.0724. The maximum atomic E-state index is 13.3. The molecule has 2 saturated carbocycles. The molecule has 6 heteroatoms. The molecule has 1 aromatic rings. The van der Waals surface area contributed by atoms with Crippen LogP contribution < -0.4 is 0 Å². The van der Waals surface area contributed by atoms with Crippen molar-refractivity contribution >= 4 is 15.8 Å². The van der Waals surface area contributed by atoms with E-state index in [1.807, 2.05) is 18.2 Å². The monoisotopic (exact) mass is 533 g/mol. The van der Waals surface area contributed by atoms with Gasteiger partial charge in [-0.2, -0.15) is 4.31 Å². The van der Waals surface area contributed by atoms with Gasteiger partial charge in [0.15, 0.2) is 5.78 Å². The van der Waals surface area contributed by atoms with Crippen molar-refractivity contribution in [3.63, 3.8) is 0 Å². The highest BCUT2D eigenvalue weighted by Crippen LogP contribution is 2.66. The minimum Gasteiger partial charge on any atom is -0.377 e. The van der Waals surface area contributed by atoms with Crippen molar-refractivity contribution in [1.29, 1.82) is 0 Å². The van der Waals surface area contributed by atoms with Crippen molar-refractivity contribution in [3.05, 3.63) is 52.6 Å². The Morgan fingerprint density at radius 2 is 1.76 bits per heavy atom. The average Bonchev–Trinajstić information content (AvgIpc) is 3.18. The minimum atomic E-state index is -3.49. The fourth-order valence-corrected chi connectivity index (χ4v) is 10.0. The highest BCUT2D eigenvalue weighted by Gasteiger charge is 2.62. The zero-order valence-corrected chi connectivity index (χ0v) is 23.4. The molecular weight excluding hydrogens is 494 g/mol. The molecule has 1 aromatic carbocycles. The van der Waals surface area contributed by atoms with Crippen LogP contribution in [0.3, 0.4) is 0 Å². The third-order valence-electron chi connectivity index (χ3n) is 10.5. The number of hydrogen-bond acceptors (Lipinski definition) is 4. The first-order valence-corrected chi connectivity index (χ1v) is 15.8. The Morgan fingerprint density at radius 3 is 2.47 bits per heavy atom. The topological polar surface area (TPSA) is 74.7 Å². The zero-order valence-electron chi connectivity index (χ0n) is 22.6. The Bertz CT molecular complexity index is 1370. The van der Waals surface area contributed by atoms with Gasteiger partial charge in [0.2, 0.25) is 10.0 Å². The second kappa shape index (κ2) is 9.47. The molecule has 0 aromatic heterocycles. The van der Waals surface area contributed by atoms with Crippen LogP contribution in [0.5, 0.6) is 0 Å². The standard InChI is InChI=1S/C32H39NO4S/c1-3-16-32(35)17-15-29-27-13-9-23-20-24(34)10-14-26(23)30(27)28(21-31(29,32)2)22-7-11-25(12-8-22)38(36,37)33-18-5-4-6-19-33/h7-8,11-12,20,27-29,35H,4-6,9-10,13-15,17-19,21H2,1-2H3/t27-,28+,29-,31-,32-/m0/s1. The maximum Gasteiger partial charge on any atom is 0.243 e. The summed E-state index contributed by atoms with van der Waals surface area (Å²) in [6, 6.07) is 7.57. The Morgan fingerprint density at radius 1 is 1.03 bits per heavy atom. The van der Waals surface area contributed by atoms with Crippen LogP contribution >= 0.6 is 0 Å². The molecule has 5 aliphatic rings. The Balaban J connectivity index is 1.44. The van der Waals surface area contributed by atoms with Gasteiger partial charge in [0.25, 0.3) is 0 Å². The van der Waals surface area contributed by atoms with E-state index in [9.17, 15) is 18.3 Å². The van der Waals surface area contributed by atoms with E-state index in [1.54, 1.807) is 23.4 Å². The molecule has 6 rings (SSSR count). The molecular formula is C32H39NO4S. The fourth-order valence-electron chi connectivity index (χ4n) is 8.50. The van der Waals surface area contributed by atoms with Crippen LogP contribution in [0.25, 0.3) is 0 Å². The van der Waals surface area contributed by atoms with Crippen LogP contribution in [0.2, 0.25) is 0 Å². The number of fused-ring (bicyclic) bond motifs is 4. The van der Waals surface area contributed by atoms with Gasteiger partial charge in [0, 0.05) is 30.8 Å². The summed E-state index contributed by atoms with van der Waals surface area (Å²) in [7, 11) is -3.49. The highest BCUT2D eigenvalue weighted by atomic mass is 32.2. The molecule has 1 saturated heterocycles. The predicted molar refractivity (Wildman–Crippen MR) is 148 cm³/mol. The van der Waals surface area contributed by atoms with Crippen LogP contribution in [0.15, 0.2) is 52.0 Å². The molecule has 0 bridgehead atoms. The second-order valence-corrected chi connectivity index (χ2v) is 14.2. The van der Waals surface area contributed by atoms with Crippen LogP contribution in [-0.4, -0.2) is 42.3 Å². The van der Waals surface area contributed by atoms with E-state index in [1.165, 1.54) is 16.7 Å². The summed E-state index contributed by atoms with van der Waals surface area (Å²) in [5.74, 6) is 7.21. The first-order chi connectivity index (χ1) is 18.2. The number of carbonyl (C=O) groups is 1. The lowest BCUT2D eigenvalue weighted by Gasteiger charge is -2.53. The molecule has 4 aliphatic carbocycles. The number of allylic oxidation sites excluding steroid dienone is 4. The van der Waals surface area contributed by atoms with Gasteiger partial charge in [0.1, 0.15) is 5.60 Å². The molecule has 202 valence electrons. The largest absolute Gasteiger partial charge is 0.377 e. The second-order valence-electron chi connectivity index (χ2n) is 12.3. The smallest absolute Gasteiger partial charge is 0.243 e. The Kier molecular flexibility index (Phi) is 6.49. The van der Waals surface area contributed by atoms with E-state index >= 15 is 0 Å². The highest BCUT2D eigenvalue weighted by molar-refractivity contribution is 7.89. The Hall–Kier alpha value is -2.20. The Labute approximate surface area is 227 Å². The number of rotatable bonds is 3. The molecule has 1 heterocycles. The van der Waals surface area contributed by atoms with Gasteiger partial charge in [-0.3, -0.25) is 4.79 Å². The lowest BCUT2D eigenvalue weighted by atomic mass is 9.51. The number of ketones is 1. The molecule has 5 nitrogen and oxygen atoms in total. The van der Waals surface area contributed by atoms with Gasteiger partial charge in [0.05, 0.1) is 4.90 Å². The molecule has 0 spiro atoms. The molecule has 0 amide bonds. The van der Waals surface area contributed by atoms with Gasteiger partial charge in [-0.1, -0.05) is 37.0 Å². The van der Waals surface area contributed by atoms with Crippen molar-refractivity contribution in [3.8, 4) is 11.8 Å². The molecule has 0 unspecified atom stereocenters. The molecule has 5 atom stereocenters. The molecule has 1 aliphatic heterocycles. The van der Waals surface area contributed by atoms with Crippen LogP contribution in [0, 0.1) is 29.1 Å². The number of piperidine rings is 1. The van der Waals surface area contributed by atoms with Gasteiger partial charge in [-0.25, -0.2) is 8.42 Å². The SMILES string of the molecule is CC#C[C@]1(O)CC[C@H]2[C@@H]3CCC4=CC(=O)CCC4=C3[C@@H](c3ccc(S(=O)(=O)N4CCCCC4)cc3)C[C@@]21C. The summed E-state index contributed by atoms with van der Waals surface area (Å²) in [6.07, 6.45) is 10.5. The van der Waals surface area contributed by atoms with Crippen molar-refractivity contribution in [2.45, 2.75) is 94.5 Å². The normalized spacial score (nSPS) is 35.5. The number of benzene rings is 1. The summed E-state index contributed by atoms with van der Waals surface area (Å²) in [5, 5.41) is 11.8. The van der Waals surface area contributed by atoms with E-state index in [0.717, 1.165) is 56.9 Å². The average molecular weight is 534 g/mol. The van der Waals surface area contributed by atoms with E-state index in [0.29, 0.717) is 42.7 Å². The van der Waals surface area contributed by atoms with Gasteiger partial charge in [-0.05, 0) is 105 Å². The zero-order chi connectivity index (χ0) is 26.7. The van der Waals surface area contributed by atoms with E-state index in [-0.39, 0.29) is 17.1 Å². The van der Waals surface area contributed by atoms with Crippen molar-refractivity contribution in [2.75, 3.05) is 13.1 Å². The third kappa shape index (κ3) is 3.96. The van der Waals surface area contributed by atoms with E-state index in [4.69, 9.17) is 0 Å². The van der Waals surface area contributed by atoms with E-state index in [2.05, 4.69) is 18.8 Å². The summed E-state index contributed by atoms with van der Waals surface area (Å²) in [5.41, 5.74) is 3.74. The summed E-state index contributed by atoms with van der Waals surface area (Å²) >= 11 is 0. The number of sulfonamides is 1. The number of hydrogen-bond donors (Lipinski definition) is 1. The molecule has 3 fully saturated rings. The first kappa shape index (κ1) is 26.0. The number of aliphatic hydroxyl groups is 1. The first-order valence-electron chi connectivity index (χ1n) is 14.4. The maximum absolute atomic E-state index is 13.3. The molecule has 1 N–H and O–H groups in total. The lowest BCUT2D eigenvalue weighted by molar-refractivity contribution is -0.114. The summed E-state index contributed by atoms with van der Waals surface area (Å²) in [4.78, 5) is 12.6. The molecule has 0 radical (unpaired) electrons. The fraction of sp³-hybridized carbons (Fsp3) is 0.594. The number of carbonyl (C=O) groups excluding carboxylic acids is 1. The third-order valence-corrected chi connectivity index (χ3v) is 12.4. The lowest BCUT2D eigenvalue weighted by Crippen LogP contribution is -2.51. The predicted octanol–water partition coefficient (Wildman–Crippen LogP) is 5.52. The van der Waals surface area contributed by atoms with Crippen LogP contribution in [-0.2, 0) is 14.8 Å². The van der Waals surface area contributed by atoms with Crippen LogP contribution in [0.1, 0.15) is 89.5 Å². The van der Waals surface area contributed by atoms with Gasteiger partial charge >= 0.3 is 0 Å².